The van der Waals surface area contributed by atoms with Crippen molar-refractivity contribution in [2.75, 3.05) is 6.54 Å². The van der Waals surface area contributed by atoms with Crippen LogP contribution in [-0.2, 0) is 6.54 Å². The first kappa shape index (κ1) is 15.6. The largest absolute Gasteiger partial charge is 0.349 e. The Hall–Kier alpha value is -2.96. The number of carbonyl (C=O) groups excluding carboxylic acids is 1. The molecule has 1 aliphatic rings. The Balaban J connectivity index is 1.46. The van der Waals surface area contributed by atoms with E-state index in [1.54, 1.807) is 16.5 Å². The molecule has 0 spiro atoms. The summed E-state index contributed by atoms with van der Waals surface area (Å²) in [4.78, 5) is 28.8. The lowest BCUT2D eigenvalue weighted by Crippen LogP contribution is -2.33. The second-order valence-electron chi connectivity index (χ2n) is 6.32. The van der Waals surface area contributed by atoms with Gasteiger partial charge in [-0.3, -0.25) is 14.0 Å². The fourth-order valence-electron chi connectivity index (χ4n) is 2.97. The summed E-state index contributed by atoms with van der Waals surface area (Å²) in [5, 5.41) is 7.26. The van der Waals surface area contributed by atoms with Crippen molar-refractivity contribution in [3.8, 4) is 0 Å². The number of amides is 1. The minimum atomic E-state index is -0.206. The van der Waals surface area contributed by atoms with Gasteiger partial charge in [0, 0.05) is 24.7 Å². The van der Waals surface area contributed by atoms with Gasteiger partial charge in [-0.1, -0.05) is 6.07 Å². The third-order valence-electron chi connectivity index (χ3n) is 4.41. The van der Waals surface area contributed by atoms with Gasteiger partial charge in [0.25, 0.3) is 11.5 Å². The Bertz CT molecular complexity index is 1000. The molecule has 7 nitrogen and oxygen atoms in total. The number of hydrogen-bond acceptors (Lipinski definition) is 4. The Morgan fingerprint density at radius 1 is 1.28 bits per heavy atom. The van der Waals surface area contributed by atoms with Crippen LogP contribution >= 0.6 is 0 Å². The zero-order valence-corrected chi connectivity index (χ0v) is 14.0. The van der Waals surface area contributed by atoms with Gasteiger partial charge in [-0.25, -0.2) is 9.67 Å². The number of carbonyl (C=O) groups is 1. The number of hydrogen-bond donors (Lipinski definition) is 1. The van der Waals surface area contributed by atoms with E-state index >= 15 is 0 Å². The number of rotatable bonds is 5. The second-order valence-corrected chi connectivity index (χ2v) is 6.32. The Morgan fingerprint density at radius 2 is 2.12 bits per heavy atom. The van der Waals surface area contributed by atoms with Crippen LogP contribution in [0.3, 0.4) is 0 Å². The Morgan fingerprint density at radius 3 is 2.92 bits per heavy atom. The van der Waals surface area contributed by atoms with Crippen LogP contribution in [0.2, 0.25) is 0 Å². The van der Waals surface area contributed by atoms with Crippen LogP contribution in [0.5, 0.6) is 0 Å². The van der Waals surface area contributed by atoms with E-state index in [1.807, 2.05) is 31.3 Å². The van der Waals surface area contributed by atoms with Crippen LogP contribution < -0.4 is 10.9 Å². The van der Waals surface area contributed by atoms with E-state index in [0.717, 1.165) is 24.2 Å². The fourth-order valence-corrected chi connectivity index (χ4v) is 2.97. The molecule has 0 atom stereocenters. The zero-order valence-electron chi connectivity index (χ0n) is 14.0. The molecule has 0 aromatic carbocycles. The van der Waals surface area contributed by atoms with E-state index < -0.39 is 0 Å². The van der Waals surface area contributed by atoms with E-state index in [-0.39, 0.29) is 11.5 Å². The van der Waals surface area contributed by atoms with Crippen LogP contribution in [0.25, 0.3) is 5.65 Å². The minimum absolute atomic E-state index is 0.148. The molecule has 1 saturated carbocycles. The first-order valence-corrected chi connectivity index (χ1v) is 8.43. The number of nitrogens with one attached hydrogen (secondary N) is 1. The van der Waals surface area contributed by atoms with Crippen molar-refractivity contribution in [3.63, 3.8) is 0 Å². The number of imidazole rings is 1. The molecule has 0 radical (unpaired) electrons. The normalized spacial score (nSPS) is 14.0. The molecule has 7 heteroatoms. The fraction of sp³-hybridized carbons (Fsp3) is 0.333. The molecule has 4 rings (SSSR count). The number of pyridine rings is 1. The predicted octanol–water partition coefficient (Wildman–Crippen LogP) is 1.51. The summed E-state index contributed by atoms with van der Waals surface area (Å²) in [7, 11) is 0. The topological polar surface area (TPSA) is 81.3 Å². The lowest BCUT2D eigenvalue weighted by atomic mass is 10.3. The predicted molar refractivity (Wildman–Crippen MR) is 92.7 cm³/mol. The van der Waals surface area contributed by atoms with Gasteiger partial charge >= 0.3 is 0 Å². The van der Waals surface area contributed by atoms with Gasteiger partial charge in [0.15, 0.2) is 0 Å². The maximum Gasteiger partial charge on any atom is 0.270 e. The first-order chi connectivity index (χ1) is 12.1. The molecule has 128 valence electrons. The van der Waals surface area contributed by atoms with E-state index in [2.05, 4.69) is 15.4 Å². The Kier molecular flexibility index (Phi) is 3.83. The highest BCUT2D eigenvalue weighted by Crippen LogP contribution is 2.38. The van der Waals surface area contributed by atoms with E-state index in [0.29, 0.717) is 30.4 Å². The van der Waals surface area contributed by atoms with Crippen molar-refractivity contribution in [1.82, 2.24) is 24.5 Å². The van der Waals surface area contributed by atoms with Gasteiger partial charge in [-0.15, -0.1) is 0 Å². The molecule has 3 aromatic rings. The summed E-state index contributed by atoms with van der Waals surface area (Å²) in [6.07, 6.45) is 4.08. The molecule has 3 heterocycles. The van der Waals surface area contributed by atoms with Crippen molar-refractivity contribution in [3.05, 3.63) is 64.0 Å². The molecule has 0 aliphatic heterocycles. The highest BCUT2D eigenvalue weighted by Gasteiger charge is 2.25. The van der Waals surface area contributed by atoms with Crippen LogP contribution in [0.15, 0.2) is 41.3 Å². The monoisotopic (exact) mass is 337 g/mol. The third kappa shape index (κ3) is 3.05. The summed E-state index contributed by atoms with van der Waals surface area (Å²) in [6, 6.07) is 8.96. The lowest BCUT2D eigenvalue weighted by Gasteiger charge is -2.08. The lowest BCUT2D eigenvalue weighted by molar-refractivity contribution is 0.0945. The number of fused-ring (bicyclic) bond motifs is 1. The highest BCUT2D eigenvalue weighted by atomic mass is 16.2. The van der Waals surface area contributed by atoms with Crippen LogP contribution in [-0.4, -0.2) is 31.6 Å². The summed E-state index contributed by atoms with van der Waals surface area (Å²) >= 11 is 0. The Labute approximate surface area is 144 Å². The van der Waals surface area contributed by atoms with Gasteiger partial charge < -0.3 is 5.32 Å². The average Bonchev–Trinajstić information content (AvgIpc) is 3.38. The maximum atomic E-state index is 12.5. The molecule has 25 heavy (non-hydrogen) atoms. The SMILES string of the molecule is Cc1nc2ccccn2c1C(=O)NCCn1nc(C2CC2)ccc1=O. The summed E-state index contributed by atoms with van der Waals surface area (Å²) in [6.45, 7) is 2.49. The molecule has 0 unspecified atom stereocenters. The molecule has 1 amide bonds. The molecule has 1 aliphatic carbocycles. The highest BCUT2D eigenvalue weighted by molar-refractivity contribution is 5.94. The summed E-state index contributed by atoms with van der Waals surface area (Å²) in [5.41, 5.74) is 2.74. The number of nitrogens with zero attached hydrogens (tertiary/aromatic N) is 4. The zero-order chi connectivity index (χ0) is 17.4. The van der Waals surface area contributed by atoms with E-state index in [9.17, 15) is 9.59 Å². The molecule has 0 saturated heterocycles. The van der Waals surface area contributed by atoms with Gasteiger partial charge in [0.2, 0.25) is 0 Å². The molecule has 1 N–H and O–H groups in total. The van der Waals surface area contributed by atoms with Crippen molar-refractivity contribution in [2.24, 2.45) is 0 Å². The van der Waals surface area contributed by atoms with Gasteiger partial charge in [0.1, 0.15) is 11.3 Å². The van der Waals surface area contributed by atoms with Crippen molar-refractivity contribution in [2.45, 2.75) is 32.2 Å². The van der Waals surface area contributed by atoms with Crippen molar-refractivity contribution in [1.29, 1.82) is 0 Å². The standard InChI is InChI=1S/C18H19N5O2/c1-12-17(22-10-3-2-4-15(22)20-12)18(25)19-9-11-23-16(24)8-7-14(21-23)13-5-6-13/h2-4,7-8,10,13H,5-6,9,11H2,1H3,(H,19,25). The summed E-state index contributed by atoms with van der Waals surface area (Å²) in [5.74, 6) is 0.282. The third-order valence-corrected chi connectivity index (χ3v) is 4.41. The molecule has 3 aromatic heterocycles. The van der Waals surface area contributed by atoms with Gasteiger partial charge in [-0.2, -0.15) is 5.10 Å². The quantitative estimate of drug-likeness (QED) is 0.765. The number of aromatic nitrogens is 4. The second kappa shape index (κ2) is 6.16. The van der Waals surface area contributed by atoms with Gasteiger partial charge in [0.05, 0.1) is 17.9 Å². The molecular formula is C18H19N5O2. The smallest absolute Gasteiger partial charge is 0.270 e. The van der Waals surface area contributed by atoms with Crippen LogP contribution in [0, 0.1) is 6.92 Å². The minimum Gasteiger partial charge on any atom is -0.349 e. The van der Waals surface area contributed by atoms with E-state index in [1.165, 1.54) is 4.68 Å². The van der Waals surface area contributed by atoms with Crippen molar-refractivity contribution >= 4 is 11.6 Å². The molecule has 0 bridgehead atoms. The van der Waals surface area contributed by atoms with Gasteiger partial charge in [-0.05, 0) is 38.0 Å². The first-order valence-electron chi connectivity index (χ1n) is 8.43. The molecular weight excluding hydrogens is 318 g/mol. The number of aryl methyl sites for hydroxylation is 1. The summed E-state index contributed by atoms with van der Waals surface area (Å²) < 4.78 is 3.19. The van der Waals surface area contributed by atoms with Crippen LogP contribution in [0.4, 0.5) is 0 Å². The van der Waals surface area contributed by atoms with E-state index in [4.69, 9.17) is 0 Å². The van der Waals surface area contributed by atoms with Crippen LogP contribution in [0.1, 0.15) is 40.6 Å². The maximum absolute atomic E-state index is 12.5. The van der Waals surface area contributed by atoms with Crippen molar-refractivity contribution < 1.29 is 4.79 Å². The average molecular weight is 337 g/mol. The molecule has 1 fully saturated rings.